The van der Waals surface area contributed by atoms with Crippen LogP contribution < -0.4 is 10.1 Å². The number of rotatable bonds is 8. The molecule has 0 aliphatic heterocycles. The smallest absolute Gasteiger partial charge is 0.321 e. The molecule has 0 aliphatic rings. The summed E-state index contributed by atoms with van der Waals surface area (Å²) in [7, 11) is 1.61. The van der Waals surface area contributed by atoms with E-state index in [4.69, 9.17) is 4.74 Å². The van der Waals surface area contributed by atoms with Crippen LogP contribution >= 0.6 is 11.8 Å². The number of fused-ring (bicyclic) bond motifs is 1. The summed E-state index contributed by atoms with van der Waals surface area (Å²) in [5.41, 5.74) is 1.91. The fraction of sp³-hybridized carbons (Fsp3) is 0.300. The molecule has 1 unspecified atom stereocenters. The molecule has 28 heavy (non-hydrogen) atoms. The van der Waals surface area contributed by atoms with E-state index < -0.39 is 11.8 Å². The number of amides is 1. The number of hydrogen-bond acceptors (Lipinski definition) is 4. The summed E-state index contributed by atoms with van der Waals surface area (Å²) in [4.78, 5) is 16.6. The second-order valence-electron chi connectivity index (χ2n) is 6.18. The lowest BCUT2D eigenvalue weighted by atomic mass is 10.1. The van der Waals surface area contributed by atoms with E-state index in [0.717, 1.165) is 27.6 Å². The molecular weight excluding hydrogens is 384 g/mol. The van der Waals surface area contributed by atoms with Crippen molar-refractivity contribution >= 4 is 28.7 Å². The Balaban J connectivity index is 1.59. The third kappa shape index (κ3) is 4.62. The van der Waals surface area contributed by atoms with Gasteiger partial charge in [0.1, 0.15) is 5.75 Å². The fourth-order valence-corrected chi connectivity index (χ4v) is 3.72. The number of hydrogen-bond donors (Lipinski definition) is 1. The first-order chi connectivity index (χ1) is 13.5. The van der Waals surface area contributed by atoms with E-state index in [1.807, 2.05) is 24.3 Å². The van der Waals surface area contributed by atoms with Crippen molar-refractivity contribution in [3.05, 3.63) is 54.1 Å². The zero-order valence-electron chi connectivity index (χ0n) is 15.6. The van der Waals surface area contributed by atoms with Gasteiger partial charge in [0.2, 0.25) is 5.91 Å². The van der Waals surface area contributed by atoms with Gasteiger partial charge in [0.15, 0.2) is 5.16 Å². The van der Waals surface area contributed by atoms with Gasteiger partial charge in [-0.2, -0.15) is 8.78 Å². The first kappa shape index (κ1) is 20.1. The molecular formula is C20H21F2N3O2S. The van der Waals surface area contributed by atoms with E-state index >= 15 is 0 Å². The summed E-state index contributed by atoms with van der Waals surface area (Å²) in [6, 6.07) is 14.3. The lowest BCUT2D eigenvalue weighted by Gasteiger charge is -2.13. The average molecular weight is 405 g/mol. The van der Waals surface area contributed by atoms with Crippen molar-refractivity contribution in [3.63, 3.8) is 0 Å². The maximum absolute atomic E-state index is 13.5. The minimum Gasteiger partial charge on any atom is -0.497 e. The summed E-state index contributed by atoms with van der Waals surface area (Å²) in [5.74, 6) is 0.561. The summed E-state index contributed by atoms with van der Waals surface area (Å²) in [5, 5.41) is 2.43. The van der Waals surface area contributed by atoms with Crippen molar-refractivity contribution in [2.45, 2.75) is 30.3 Å². The third-order valence-electron chi connectivity index (χ3n) is 4.28. The Labute approximate surface area is 166 Å². The van der Waals surface area contributed by atoms with Gasteiger partial charge in [-0.3, -0.25) is 9.36 Å². The molecule has 0 saturated heterocycles. The van der Waals surface area contributed by atoms with Crippen LogP contribution in [0.2, 0.25) is 0 Å². The van der Waals surface area contributed by atoms with Gasteiger partial charge in [0.05, 0.1) is 23.4 Å². The Morgan fingerprint density at radius 3 is 2.61 bits per heavy atom. The maximum atomic E-state index is 13.5. The molecule has 1 N–H and O–H groups in total. The molecule has 0 fully saturated rings. The van der Waals surface area contributed by atoms with Crippen LogP contribution in [-0.2, 0) is 11.2 Å². The second-order valence-corrected chi connectivity index (χ2v) is 7.49. The maximum Gasteiger partial charge on any atom is 0.321 e. The van der Waals surface area contributed by atoms with E-state index in [2.05, 4.69) is 10.3 Å². The molecule has 0 spiro atoms. The fourth-order valence-electron chi connectivity index (χ4n) is 2.77. The number of thioether (sulfide) groups is 1. The van der Waals surface area contributed by atoms with E-state index in [0.29, 0.717) is 24.0 Å². The van der Waals surface area contributed by atoms with Crippen LogP contribution in [0, 0.1) is 0 Å². The monoisotopic (exact) mass is 405 g/mol. The van der Waals surface area contributed by atoms with Crippen LogP contribution in [-0.4, -0.2) is 34.4 Å². The van der Waals surface area contributed by atoms with Crippen LogP contribution in [0.1, 0.15) is 19.0 Å². The number of nitrogens with zero attached hydrogens (tertiary/aromatic N) is 2. The molecule has 0 bridgehead atoms. The topological polar surface area (TPSA) is 56.1 Å². The lowest BCUT2D eigenvalue weighted by molar-refractivity contribution is -0.120. The van der Waals surface area contributed by atoms with Crippen molar-refractivity contribution in [2.24, 2.45) is 0 Å². The molecule has 148 valence electrons. The standard InChI is InChI=1S/C20H21F2N3O2S/c1-13(18(26)23-12-11-14-7-9-15(27-2)10-8-14)28-20-24-16-5-3-4-6-17(16)25(20)19(21)22/h3-10,13,19H,11-12H2,1-2H3,(H,23,26). The average Bonchev–Trinajstić information content (AvgIpc) is 3.06. The van der Waals surface area contributed by atoms with Gasteiger partial charge in [0.25, 0.3) is 0 Å². The number of para-hydroxylation sites is 2. The molecule has 1 aromatic heterocycles. The molecule has 2 aromatic carbocycles. The highest BCUT2D eigenvalue weighted by atomic mass is 32.2. The SMILES string of the molecule is COc1ccc(CCNC(=O)C(C)Sc2nc3ccccc3n2C(F)F)cc1. The molecule has 3 aromatic rings. The van der Waals surface area contributed by atoms with E-state index in [1.165, 1.54) is 0 Å². The Bertz CT molecular complexity index is 944. The van der Waals surface area contributed by atoms with Crippen LogP contribution in [0.5, 0.6) is 5.75 Å². The highest BCUT2D eigenvalue weighted by Crippen LogP contribution is 2.31. The van der Waals surface area contributed by atoms with Gasteiger partial charge >= 0.3 is 6.55 Å². The Morgan fingerprint density at radius 1 is 1.21 bits per heavy atom. The first-order valence-electron chi connectivity index (χ1n) is 8.82. The van der Waals surface area contributed by atoms with Crippen molar-refractivity contribution in [2.75, 3.05) is 13.7 Å². The quantitative estimate of drug-likeness (QED) is 0.569. The molecule has 0 saturated carbocycles. The minimum atomic E-state index is -2.72. The van der Waals surface area contributed by atoms with Crippen LogP contribution in [0.3, 0.4) is 0 Å². The molecule has 0 aliphatic carbocycles. The third-order valence-corrected chi connectivity index (χ3v) is 5.35. The largest absolute Gasteiger partial charge is 0.497 e. The van der Waals surface area contributed by atoms with Gasteiger partial charge < -0.3 is 10.1 Å². The van der Waals surface area contributed by atoms with Gasteiger partial charge in [-0.1, -0.05) is 36.0 Å². The van der Waals surface area contributed by atoms with Gasteiger partial charge in [-0.05, 0) is 43.2 Å². The van der Waals surface area contributed by atoms with Gasteiger partial charge in [-0.15, -0.1) is 0 Å². The molecule has 1 amide bonds. The highest BCUT2D eigenvalue weighted by molar-refractivity contribution is 8.00. The molecule has 5 nitrogen and oxygen atoms in total. The normalized spacial score (nSPS) is 12.3. The summed E-state index contributed by atoms with van der Waals surface area (Å²) in [6.07, 6.45) is 0.669. The zero-order valence-corrected chi connectivity index (χ0v) is 16.4. The first-order valence-corrected chi connectivity index (χ1v) is 9.70. The molecule has 8 heteroatoms. The van der Waals surface area contributed by atoms with Gasteiger partial charge in [0, 0.05) is 6.54 Å². The van der Waals surface area contributed by atoms with Crippen molar-refractivity contribution < 1.29 is 18.3 Å². The van der Waals surface area contributed by atoms with Crippen molar-refractivity contribution in [1.29, 1.82) is 0 Å². The van der Waals surface area contributed by atoms with E-state index in [1.54, 1.807) is 38.3 Å². The number of imidazole rings is 1. The minimum absolute atomic E-state index is 0.133. The number of carbonyl (C=O) groups excluding carboxylic acids is 1. The van der Waals surface area contributed by atoms with Crippen molar-refractivity contribution in [3.8, 4) is 5.75 Å². The zero-order chi connectivity index (χ0) is 20.1. The number of ether oxygens (including phenoxy) is 1. The lowest BCUT2D eigenvalue weighted by Crippen LogP contribution is -2.32. The predicted molar refractivity (Wildman–Crippen MR) is 106 cm³/mol. The van der Waals surface area contributed by atoms with E-state index in [9.17, 15) is 13.6 Å². The summed E-state index contributed by atoms with van der Waals surface area (Å²) < 4.78 is 33.0. The molecule has 1 heterocycles. The molecule has 1 atom stereocenters. The summed E-state index contributed by atoms with van der Waals surface area (Å²) >= 11 is 1.03. The highest BCUT2D eigenvalue weighted by Gasteiger charge is 2.22. The number of benzene rings is 2. The van der Waals surface area contributed by atoms with Crippen LogP contribution in [0.15, 0.2) is 53.7 Å². The number of carbonyl (C=O) groups is 1. The predicted octanol–water partition coefficient (Wildman–Crippen LogP) is 4.28. The molecule has 0 radical (unpaired) electrons. The number of halogens is 2. The van der Waals surface area contributed by atoms with Gasteiger partial charge in [-0.25, -0.2) is 4.98 Å². The Kier molecular flexibility index (Phi) is 6.51. The number of methoxy groups -OCH3 is 1. The van der Waals surface area contributed by atoms with Crippen LogP contribution in [0.25, 0.3) is 11.0 Å². The number of alkyl halides is 2. The summed E-state index contributed by atoms with van der Waals surface area (Å²) in [6.45, 7) is -0.579. The Morgan fingerprint density at radius 2 is 1.93 bits per heavy atom. The number of aromatic nitrogens is 2. The van der Waals surface area contributed by atoms with Crippen molar-refractivity contribution in [1.82, 2.24) is 14.9 Å². The van der Waals surface area contributed by atoms with E-state index in [-0.39, 0.29) is 11.1 Å². The second kappa shape index (κ2) is 9.05. The number of nitrogens with one attached hydrogen (secondary N) is 1. The Hall–Kier alpha value is -2.61. The van der Waals surface area contributed by atoms with Crippen LogP contribution in [0.4, 0.5) is 8.78 Å². The molecule has 3 rings (SSSR count).